The number of aliphatic hydroxyl groups is 1. The van der Waals surface area contributed by atoms with E-state index >= 15 is 0 Å². The average Bonchev–Trinajstić information content (AvgIpc) is 2.07. The van der Waals surface area contributed by atoms with E-state index in [1.165, 1.54) is 0 Å². The molecule has 1 aliphatic rings. The zero-order chi connectivity index (χ0) is 8.55. The van der Waals surface area contributed by atoms with Gasteiger partial charge in [-0.2, -0.15) is 0 Å². The Kier molecular flexibility index (Phi) is 2.23. The fourth-order valence-corrected chi connectivity index (χ4v) is 1.86. The van der Waals surface area contributed by atoms with Gasteiger partial charge in [0.15, 0.2) is 0 Å². The second-order valence-corrected chi connectivity index (χ2v) is 4.08. The number of fused-ring (bicyclic) bond motifs is 1. The van der Waals surface area contributed by atoms with Gasteiger partial charge in [-0.15, -0.1) is 0 Å². The Balaban J connectivity index is 2.47. The first-order chi connectivity index (χ1) is 5.77. The van der Waals surface area contributed by atoms with Crippen LogP contribution in [0.5, 0.6) is 5.75 Å². The Morgan fingerprint density at radius 3 is 3.17 bits per heavy atom. The van der Waals surface area contributed by atoms with Crippen molar-refractivity contribution < 1.29 is 9.84 Å². The number of aliphatic hydroxyl groups excluding tert-OH is 1. The van der Waals surface area contributed by atoms with Gasteiger partial charge in [-0.1, -0.05) is 0 Å². The highest BCUT2D eigenvalue weighted by Crippen LogP contribution is 2.32. The first-order valence-corrected chi connectivity index (χ1v) is 4.95. The molecule has 1 heterocycles. The van der Waals surface area contributed by atoms with Crippen molar-refractivity contribution in [1.29, 1.82) is 0 Å². The number of benzene rings is 1. The lowest BCUT2D eigenvalue weighted by molar-refractivity contribution is 0.115. The largest absolute Gasteiger partial charge is 0.493 e. The molecule has 0 unspecified atom stereocenters. The molecule has 1 aromatic carbocycles. The SMILES string of the molecule is O[C@H]1CCOc2ccc(I)cc21. The number of hydrogen-bond acceptors (Lipinski definition) is 2. The second kappa shape index (κ2) is 3.22. The van der Waals surface area contributed by atoms with E-state index in [1.54, 1.807) is 0 Å². The molecule has 0 aliphatic carbocycles. The monoisotopic (exact) mass is 276 g/mol. The average molecular weight is 276 g/mol. The molecule has 2 rings (SSSR count). The van der Waals surface area contributed by atoms with Crippen molar-refractivity contribution in [2.45, 2.75) is 12.5 Å². The Morgan fingerprint density at radius 1 is 1.50 bits per heavy atom. The molecule has 1 N–H and O–H groups in total. The van der Waals surface area contributed by atoms with Crippen molar-refractivity contribution in [1.82, 2.24) is 0 Å². The van der Waals surface area contributed by atoms with Gasteiger partial charge in [-0.3, -0.25) is 0 Å². The Hall–Kier alpha value is -0.290. The third-order valence-electron chi connectivity index (χ3n) is 1.98. The third-order valence-corrected chi connectivity index (χ3v) is 2.65. The van der Waals surface area contributed by atoms with Crippen LogP contribution < -0.4 is 4.74 Å². The molecule has 0 aromatic heterocycles. The van der Waals surface area contributed by atoms with Crippen molar-refractivity contribution in [3.05, 3.63) is 27.3 Å². The zero-order valence-electron chi connectivity index (χ0n) is 6.46. The van der Waals surface area contributed by atoms with Crippen LogP contribution in [-0.2, 0) is 0 Å². The van der Waals surface area contributed by atoms with Crippen molar-refractivity contribution in [3.63, 3.8) is 0 Å². The van der Waals surface area contributed by atoms with E-state index in [0.29, 0.717) is 13.0 Å². The third kappa shape index (κ3) is 1.43. The summed E-state index contributed by atoms with van der Waals surface area (Å²) in [6, 6.07) is 5.87. The fourth-order valence-electron chi connectivity index (χ4n) is 1.35. The minimum atomic E-state index is -0.344. The summed E-state index contributed by atoms with van der Waals surface area (Å²) in [7, 11) is 0. The number of halogens is 1. The molecule has 64 valence electrons. The quantitative estimate of drug-likeness (QED) is 0.735. The molecule has 0 saturated heterocycles. The molecular weight excluding hydrogens is 267 g/mol. The lowest BCUT2D eigenvalue weighted by Gasteiger charge is -2.21. The Morgan fingerprint density at radius 2 is 2.33 bits per heavy atom. The van der Waals surface area contributed by atoms with Crippen LogP contribution in [0.4, 0.5) is 0 Å². The van der Waals surface area contributed by atoms with Crippen LogP contribution in [0.15, 0.2) is 18.2 Å². The molecule has 1 aliphatic heterocycles. The molecule has 0 saturated carbocycles. The molecule has 0 radical (unpaired) electrons. The van der Waals surface area contributed by atoms with Crippen molar-refractivity contribution in [2.24, 2.45) is 0 Å². The summed E-state index contributed by atoms with van der Waals surface area (Å²) < 4.78 is 6.52. The van der Waals surface area contributed by atoms with Crippen LogP contribution >= 0.6 is 22.6 Å². The van der Waals surface area contributed by atoms with Gasteiger partial charge in [0.25, 0.3) is 0 Å². The van der Waals surface area contributed by atoms with Crippen LogP contribution in [-0.4, -0.2) is 11.7 Å². The minimum absolute atomic E-state index is 0.344. The van der Waals surface area contributed by atoms with E-state index in [1.807, 2.05) is 18.2 Å². The summed E-state index contributed by atoms with van der Waals surface area (Å²) in [5, 5.41) is 9.60. The molecule has 0 bridgehead atoms. The van der Waals surface area contributed by atoms with Crippen molar-refractivity contribution >= 4 is 22.6 Å². The van der Waals surface area contributed by atoms with E-state index in [9.17, 15) is 5.11 Å². The molecule has 1 atom stereocenters. The van der Waals surface area contributed by atoms with E-state index in [-0.39, 0.29) is 6.10 Å². The second-order valence-electron chi connectivity index (χ2n) is 2.84. The standard InChI is InChI=1S/C9H9IO2/c10-6-1-2-9-7(5-6)8(11)3-4-12-9/h1-2,5,8,11H,3-4H2/t8-/m0/s1. The number of hydrogen-bond donors (Lipinski definition) is 1. The molecule has 1 aromatic rings. The van der Waals surface area contributed by atoms with Gasteiger partial charge in [-0.05, 0) is 40.8 Å². The molecule has 3 heteroatoms. The first kappa shape index (κ1) is 8.31. The minimum Gasteiger partial charge on any atom is -0.493 e. The van der Waals surface area contributed by atoms with Crippen molar-refractivity contribution in [2.75, 3.05) is 6.61 Å². The highest BCUT2D eigenvalue weighted by Gasteiger charge is 2.18. The van der Waals surface area contributed by atoms with Gasteiger partial charge in [0.05, 0.1) is 12.7 Å². The van der Waals surface area contributed by atoms with Crippen LogP contribution in [0.1, 0.15) is 18.1 Å². The van der Waals surface area contributed by atoms with E-state index in [4.69, 9.17) is 4.74 Å². The van der Waals surface area contributed by atoms with Gasteiger partial charge < -0.3 is 9.84 Å². The summed E-state index contributed by atoms with van der Waals surface area (Å²) >= 11 is 2.23. The maximum atomic E-state index is 9.60. The molecule has 0 fully saturated rings. The number of ether oxygens (including phenoxy) is 1. The highest BCUT2D eigenvalue weighted by atomic mass is 127. The first-order valence-electron chi connectivity index (χ1n) is 3.87. The Labute approximate surface area is 84.7 Å². The van der Waals surface area contributed by atoms with Gasteiger partial charge >= 0.3 is 0 Å². The molecule has 2 nitrogen and oxygen atoms in total. The van der Waals surface area contributed by atoms with E-state index in [0.717, 1.165) is 14.9 Å². The summed E-state index contributed by atoms with van der Waals surface area (Å²) in [6.45, 7) is 0.620. The predicted molar refractivity (Wildman–Crippen MR) is 54.2 cm³/mol. The summed E-state index contributed by atoms with van der Waals surface area (Å²) in [4.78, 5) is 0. The smallest absolute Gasteiger partial charge is 0.125 e. The zero-order valence-corrected chi connectivity index (χ0v) is 8.61. The van der Waals surface area contributed by atoms with Gasteiger partial charge in [0, 0.05) is 15.6 Å². The fraction of sp³-hybridized carbons (Fsp3) is 0.333. The molecule has 0 amide bonds. The predicted octanol–water partition coefficient (Wildman–Crippen LogP) is 2.11. The van der Waals surface area contributed by atoms with Gasteiger partial charge in [-0.25, -0.2) is 0 Å². The van der Waals surface area contributed by atoms with Gasteiger partial charge in [0.2, 0.25) is 0 Å². The van der Waals surface area contributed by atoms with Crippen LogP contribution in [0.3, 0.4) is 0 Å². The lowest BCUT2D eigenvalue weighted by atomic mass is 10.0. The van der Waals surface area contributed by atoms with Crippen molar-refractivity contribution in [3.8, 4) is 5.75 Å². The molecule has 12 heavy (non-hydrogen) atoms. The lowest BCUT2D eigenvalue weighted by Crippen LogP contribution is -2.13. The van der Waals surface area contributed by atoms with Gasteiger partial charge in [0.1, 0.15) is 5.75 Å². The highest BCUT2D eigenvalue weighted by molar-refractivity contribution is 14.1. The topological polar surface area (TPSA) is 29.5 Å². The summed E-state index contributed by atoms with van der Waals surface area (Å²) in [5.74, 6) is 0.828. The van der Waals surface area contributed by atoms with Crippen LogP contribution in [0, 0.1) is 3.57 Å². The van der Waals surface area contributed by atoms with E-state index in [2.05, 4.69) is 22.6 Å². The van der Waals surface area contributed by atoms with Crippen LogP contribution in [0.2, 0.25) is 0 Å². The van der Waals surface area contributed by atoms with E-state index < -0.39 is 0 Å². The Bertz CT molecular complexity index is 299. The number of rotatable bonds is 0. The molecule has 0 spiro atoms. The van der Waals surface area contributed by atoms with Crippen LogP contribution in [0.25, 0.3) is 0 Å². The normalized spacial score (nSPS) is 21.3. The summed E-state index contributed by atoms with van der Waals surface area (Å²) in [5.41, 5.74) is 0.924. The summed E-state index contributed by atoms with van der Waals surface area (Å²) in [6.07, 6.45) is 0.357. The molecular formula is C9H9IO2. The maximum Gasteiger partial charge on any atom is 0.125 e. The maximum absolute atomic E-state index is 9.60.